The summed E-state index contributed by atoms with van der Waals surface area (Å²) in [5, 5.41) is 0.712. The third-order valence-electron chi connectivity index (χ3n) is 3.70. The molecule has 5 heteroatoms. The molecule has 0 amide bonds. The fraction of sp³-hybridized carbons (Fsp3) is 0.167. The van der Waals surface area contributed by atoms with E-state index in [4.69, 9.17) is 18.6 Å². The summed E-state index contributed by atoms with van der Waals surface area (Å²) in [5.74, 6) is 2.44. The van der Waals surface area contributed by atoms with E-state index in [9.17, 15) is 4.79 Å². The van der Waals surface area contributed by atoms with Crippen LogP contribution in [0.25, 0.3) is 22.3 Å². The normalized spacial score (nSPS) is 10.6. The molecule has 2 aromatic carbocycles. The lowest BCUT2D eigenvalue weighted by atomic mass is 10.1. The molecule has 0 unspecified atom stereocenters. The van der Waals surface area contributed by atoms with Gasteiger partial charge in [-0.15, -0.1) is 0 Å². The number of rotatable bonds is 5. The van der Waals surface area contributed by atoms with Crippen molar-refractivity contribution >= 4 is 17.3 Å². The Morgan fingerprint density at radius 3 is 2.22 bits per heavy atom. The lowest BCUT2D eigenvalue weighted by Gasteiger charge is -2.08. The lowest BCUT2D eigenvalue weighted by molar-refractivity contribution is 0.112. The van der Waals surface area contributed by atoms with E-state index < -0.39 is 0 Å². The van der Waals surface area contributed by atoms with Crippen LogP contribution in [0.15, 0.2) is 40.8 Å². The number of furan rings is 1. The molecule has 0 N–H and O–H groups in total. The molecule has 0 fully saturated rings. The largest absolute Gasteiger partial charge is 0.493 e. The predicted octanol–water partition coefficient (Wildman–Crippen LogP) is 3.94. The molecule has 0 aliphatic rings. The van der Waals surface area contributed by atoms with Crippen LogP contribution in [0.1, 0.15) is 10.4 Å². The van der Waals surface area contributed by atoms with Gasteiger partial charge in [0.25, 0.3) is 0 Å². The molecule has 23 heavy (non-hydrogen) atoms. The quantitative estimate of drug-likeness (QED) is 0.668. The Bertz CT molecular complexity index is 863. The number of methoxy groups -OCH3 is 3. The molecule has 1 heterocycles. The van der Waals surface area contributed by atoms with Crippen LogP contribution in [0.3, 0.4) is 0 Å². The van der Waals surface area contributed by atoms with Crippen molar-refractivity contribution in [1.82, 2.24) is 0 Å². The number of fused-ring (bicyclic) bond motifs is 1. The van der Waals surface area contributed by atoms with E-state index in [0.29, 0.717) is 39.5 Å². The summed E-state index contributed by atoms with van der Waals surface area (Å²) in [7, 11) is 4.72. The van der Waals surface area contributed by atoms with Gasteiger partial charge in [0.2, 0.25) is 0 Å². The molecule has 5 nitrogen and oxygen atoms in total. The first-order valence-corrected chi connectivity index (χ1v) is 7.00. The molecule has 0 bridgehead atoms. The Labute approximate surface area is 133 Å². The molecule has 1 aromatic heterocycles. The first-order valence-electron chi connectivity index (χ1n) is 7.00. The summed E-state index contributed by atoms with van der Waals surface area (Å²) >= 11 is 0. The van der Waals surface area contributed by atoms with Gasteiger partial charge >= 0.3 is 0 Å². The minimum atomic E-state index is 0.543. The summed E-state index contributed by atoms with van der Waals surface area (Å²) in [6, 6.07) is 10.7. The van der Waals surface area contributed by atoms with Crippen molar-refractivity contribution < 1.29 is 23.4 Å². The van der Waals surface area contributed by atoms with Crippen molar-refractivity contribution in [3.63, 3.8) is 0 Å². The Kier molecular flexibility index (Phi) is 3.93. The highest BCUT2D eigenvalue weighted by molar-refractivity contribution is 6.00. The van der Waals surface area contributed by atoms with Crippen molar-refractivity contribution in [2.24, 2.45) is 0 Å². The zero-order valence-electron chi connectivity index (χ0n) is 13.1. The molecule has 0 radical (unpaired) electrons. The van der Waals surface area contributed by atoms with Crippen LogP contribution in [-0.4, -0.2) is 27.6 Å². The Morgan fingerprint density at radius 2 is 1.57 bits per heavy atom. The fourth-order valence-electron chi connectivity index (χ4n) is 2.51. The summed E-state index contributed by atoms with van der Waals surface area (Å²) in [6.45, 7) is 0. The van der Waals surface area contributed by atoms with Crippen LogP contribution < -0.4 is 14.2 Å². The SMILES string of the molecule is COc1ccc(-c2cc3c(C=O)ccc(OC)c3o2)cc1OC. The molecule has 0 aliphatic carbocycles. The van der Waals surface area contributed by atoms with Crippen LogP contribution in [0.2, 0.25) is 0 Å². The number of carbonyl (C=O) groups is 1. The number of benzene rings is 2. The molecule has 3 rings (SSSR count). The van der Waals surface area contributed by atoms with E-state index in [1.807, 2.05) is 18.2 Å². The third-order valence-corrected chi connectivity index (χ3v) is 3.70. The molecule has 0 spiro atoms. The molecule has 3 aromatic rings. The van der Waals surface area contributed by atoms with Crippen LogP contribution >= 0.6 is 0 Å². The summed E-state index contributed by atoms with van der Waals surface area (Å²) in [6.07, 6.45) is 0.801. The number of ether oxygens (including phenoxy) is 3. The number of aldehydes is 1. The van der Waals surface area contributed by atoms with Gasteiger partial charge < -0.3 is 18.6 Å². The van der Waals surface area contributed by atoms with Crippen LogP contribution in [0, 0.1) is 0 Å². The highest BCUT2D eigenvalue weighted by atomic mass is 16.5. The van der Waals surface area contributed by atoms with Gasteiger partial charge in [0, 0.05) is 16.5 Å². The molecule has 118 valence electrons. The smallest absolute Gasteiger partial charge is 0.177 e. The van der Waals surface area contributed by atoms with Crippen molar-refractivity contribution in [3.05, 3.63) is 42.0 Å². The van der Waals surface area contributed by atoms with Crippen LogP contribution in [-0.2, 0) is 0 Å². The van der Waals surface area contributed by atoms with Gasteiger partial charge in [-0.05, 0) is 36.4 Å². The van der Waals surface area contributed by atoms with Gasteiger partial charge in [-0.2, -0.15) is 0 Å². The lowest BCUT2D eigenvalue weighted by Crippen LogP contribution is -1.90. The van der Waals surface area contributed by atoms with E-state index in [2.05, 4.69) is 0 Å². The average molecular weight is 312 g/mol. The first kappa shape index (κ1) is 15.0. The predicted molar refractivity (Wildman–Crippen MR) is 86.7 cm³/mol. The minimum absolute atomic E-state index is 0.543. The third kappa shape index (κ3) is 2.50. The second kappa shape index (κ2) is 6.04. The molecule has 0 saturated carbocycles. The van der Waals surface area contributed by atoms with Crippen molar-refractivity contribution in [2.45, 2.75) is 0 Å². The molecular formula is C18H16O5. The maximum absolute atomic E-state index is 11.2. The van der Waals surface area contributed by atoms with Crippen molar-refractivity contribution in [2.75, 3.05) is 21.3 Å². The van der Waals surface area contributed by atoms with Crippen molar-refractivity contribution in [3.8, 4) is 28.6 Å². The van der Waals surface area contributed by atoms with Gasteiger partial charge in [-0.25, -0.2) is 0 Å². The second-order valence-electron chi connectivity index (χ2n) is 4.90. The van der Waals surface area contributed by atoms with Gasteiger partial charge in [0.1, 0.15) is 5.76 Å². The van der Waals surface area contributed by atoms with Crippen LogP contribution in [0.5, 0.6) is 17.2 Å². The molecular weight excluding hydrogens is 296 g/mol. The molecule has 0 atom stereocenters. The Morgan fingerprint density at radius 1 is 0.870 bits per heavy atom. The highest BCUT2D eigenvalue weighted by Gasteiger charge is 2.15. The number of hydrogen-bond acceptors (Lipinski definition) is 5. The average Bonchev–Trinajstić information content (AvgIpc) is 3.05. The second-order valence-corrected chi connectivity index (χ2v) is 4.90. The number of hydrogen-bond donors (Lipinski definition) is 0. The van der Waals surface area contributed by atoms with E-state index in [0.717, 1.165) is 11.8 Å². The monoisotopic (exact) mass is 312 g/mol. The van der Waals surface area contributed by atoms with Gasteiger partial charge in [0.05, 0.1) is 21.3 Å². The van der Waals surface area contributed by atoms with E-state index in [1.165, 1.54) is 0 Å². The summed E-state index contributed by atoms with van der Waals surface area (Å²) in [5.41, 5.74) is 1.91. The highest BCUT2D eigenvalue weighted by Crippen LogP contribution is 2.38. The van der Waals surface area contributed by atoms with E-state index in [-0.39, 0.29) is 0 Å². The van der Waals surface area contributed by atoms with Crippen molar-refractivity contribution in [1.29, 1.82) is 0 Å². The zero-order valence-corrected chi connectivity index (χ0v) is 13.1. The zero-order chi connectivity index (χ0) is 16.4. The van der Waals surface area contributed by atoms with Crippen LogP contribution in [0.4, 0.5) is 0 Å². The first-order chi connectivity index (χ1) is 11.2. The maximum atomic E-state index is 11.2. The maximum Gasteiger partial charge on any atom is 0.177 e. The van der Waals surface area contributed by atoms with Gasteiger partial charge in [0.15, 0.2) is 29.1 Å². The van der Waals surface area contributed by atoms with E-state index >= 15 is 0 Å². The topological polar surface area (TPSA) is 57.9 Å². The number of carbonyl (C=O) groups excluding carboxylic acids is 1. The molecule has 0 saturated heterocycles. The van der Waals surface area contributed by atoms with E-state index in [1.54, 1.807) is 39.5 Å². The summed E-state index contributed by atoms with van der Waals surface area (Å²) < 4.78 is 21.8. The Balaban J connectivity index is 2.19. The standard InChI is InChI=1S/C18H16O5/c1-20-14-6-4-11(8-17(14)22-3)16-9-13-12(10-19)5-7-15(21-2)18(13)23-16/h4-10H,1-3H3. The minimum Gasteiger partial charge on any atom is -0.493 e. The van der Waals surface area contributed by atoms with Gasteiger partial charge in [-0.3, -0.25) is 4.79 Å². The fourth-order valence-corrected chi connectivity index (χ4v) is 2.51. The van der Waals surface area contributed by atoms with Gasteiger partial charge in [-0.1, -0.05) is 0 Å². The summed E-state index contributed by atoms with van der Waals surface area (Å²) in [4.78, 5) is 11.2. The molecule has 0 aliphatic heterocycles. The Hall–Kier alpha value is -2.95.